The Balaban J connectivity index is 1.46. The minimum absolute atomic E-state index is 0.138. The fraction of sp³-hybridized carbons (Fsp3) is 0.385. The van der Waals surface area contributed by atoms with Crippen molar-refractivity contribution in [1.82, 2.24) is 15.4 Å². The van der Waals surface area contributed by atoms with Crippen LogP contribution in [0, 0.1) is 0 Å². The number of benzene rings is 2. The van der Waals surface area contributed by atoms with E-state index in [-0.39, 0.29) is 17.6 Å². The van der Waals surface area contributed by atoms with Gasteiger partial charge in [-0.15, -0.1) is 0 Å². The van der Waals surface area contributed by atoms with Crippen LogP contribution in [0.1, 0.15) is 47.4 Å². The fourth-order valence-corrected chi connectivity index (χ4v) is 4.27. The Morgan fingerprint density at radius 3 is 2.45 bits per heavy atom. The monoisotopic (exact) mass is 449 g/mol. The van der Waals surface area contributed by atoms with Crippen LogP contribution in [-0.4, -0.2) is 49.8 Å². The number of nitrogens with one attached hydrogen (secondary N) is 1. The smallest absolute Gasteiger partial charge is 0.273 e. The summed E-state index contributed by atoms with van der Waals surface area (Å²) in [5.74, 6) is 1.45. The molecule has 1 amide bonds. The molecule has 1 aromatic heterocycles. The molecule has 0 aliphatic carbocycles. The molecule has 2 aromatic carbocycles. The number of carbonyl (C=O) groups excluding carboxylic acids is 1. The predicted octanol–water partition coefficient (Wildman–Crippen LogP) is 4.49. The van der Waals surface area contributed by atoms with Gasteiger partial charge in [-0.1, -0.05) is 36.3 Å². The third-order valence-corrected chi connectivity index (χ3v) is 6.22. The number of hydrogen-bond donors (Lipinski definition) is 1. The number of aromatic nitrogens is 1. The first kappa shape index (κ1) is 22.9. The van der Waals surface area contributed by atoms with Gasteiger partial charge in [0.1, 0.15) is 0 Å². The topological polar surface area (TPSA) is 76.8 Å². The van der Waals surface area contributed by atoms with Gasteiger partial charge in [0.2, 0.25) is 0 Å². The summed E-state index contributed by atoms with van der Waals surface area (Å²) in [4.78, 5) is 15.3. The van der Waals surface area contributed by atoms with Crippen molar-refractivity contribution in [3.63, 3.8) is 0 Å². The third-order valence-electron chi connectivity index (χ3n) is 6.22. The van der Waals surface area contributed by atoms with E-state index in [1.54, 1.807) is 32.4 Å². The number of ether oxygens (including phenoxy) is 2. The summed E-state index contributed by atoms with van der Waals surface area (Å²) >= 11 is 0. The molecule has 1 saturated heterocycles. The third kappa shape index (κ3) is 5.20. The van der Waals surface area contributed by atoms with Crippen LogP contribution in [-0.2, 0) is 6.42 Å². The Labute approximate surface area is 194 Å². The highest BCUT2D eigenvalue weighted by atomic mass is 16.5. The molecule has 7 heteroatoms. The van der Waals surface area contributed by atoms with E-state index in [9.17, 15) is 4.79 Å². The molecule has 2 heterocycles. The van der Waals surface area contributed by atoms with Crippen molar-refractivity contribution in [1.29, 1.82) is 0 Å². The summed E-state index contributed by atoms with van der Waals surface area (Å²) in [6, 6.07) is 15.9. The molecule has 33 heavy (non-hydrogen) atoms. The van der Waals surface area contributed by atoms with Crippen LogP contribution in [0.5, 0.6) is 11.5 Å². The minimum atomic E-state index is -0.250. The molecule has 7 nitrogen and oxygen atoms in total. The molecule has 0 spiro atoms. The van der Waals surface area contributed by atoms with Crippen LogP contribution < -0.4 is 14.8 Å². The number of nitrogens with zero attached hydrogens (tertiary/aromatic N) is 2. The van der Waals surface area contributed by atoms with Gasteiger partial charge < -0.3 is 19.3 Å². The average Bonchev–Trinajstić information content (AvgIpc) is 3.57. The summed E-state index contributed by atoms with van der Waals surface area (Å²) in [5, 5.41) is 7.05. The molecule has 0 saturated carbocycles. The molecule has 1 unspecified atom stereocenters. The fourth-order valence-electron chi connectivity index (χ4n) is 4.27. The van der Waals surface area contributed by atoms with Gasteiger partial charge in [-0.2, -0.15) is 0 Å². The van der Waals surface area contributed by atoms with E-state index in [4.69, 9.17) is 14.0 Å². The summed E-state index contributed by atoms with van der Waals surface area (Å²) in [7, 11) is 3.16. The molecule has 3 aromatic rings. The number of methoxy groups -OCH3 is 2. The van der Waals surface area contributed by atoms with Gasteiger partial charge in [-0.3, -0.25) is 9.69 Å². The van der Waals surface area contributed by atoms with E-state index in [1.807, 2.05) is 6.07 Å². The van der Waals surface area contributed by atoms with Gasteiger partial charge in [-0.05, 0) is 61.7 Å². The van der Waals surface area contributed by atoms with E-state index >= 15 is 0 Å². The number of hydrogen-bond acceptors (Lipinski definition) is 6. The maximum atomic E-state index is 12.9. The quantitative estimate of drug-likeness (QED) is 0.519. The van der Waals surface area contributed by atoms with E-state index in [0.29, 0.717) is 23.8 Å². The summed E-state index contributed by atoms with van der Waals surface area (Å²) in [6.07, 6.45) is 3.39. The number of carbonyl (C=O) groups is 1. The molecule has 4 rings (SSSR count). The van der Waals surface area contributed by atoms with Crippen molar-refractivity contribution < 1.29 is 18.8 Å². The Hall–Kier alpha value is -3.32. The first-order chi connectivity index (χ1) is 16.1. The largest absolute Gasteiger partial charge is 0.493 e. The molecule has 1 atom stereocenters. The molecule has 1 aliphatic heterocycles. The van der Waals surface area contributed by atoms with E-state index < -0.39 is 0 Å². The minimum Gasteiger partial charge on any atom is -0.493 e. The van der Waals surface area contributed by atoms with Crippen LogP contribution in [0.4, 0.5) is 0 Å². The number of aryl methyl sites for hydroxylation is 1. The Bertz CT molecular complexity index is 1070. The first-order valence-corrected chi connectivity index (χ1v) is 11.4. The molecule has 1 fully saturated rings. The summed E-state index contributed by atoms with van der Waals surface area (Å²) < 4.78 is 16.1. The normalized spacial score (nSPS) is 14.8. The molecule has 1 aliphatic rings. The van der Waals surface area contributed by atoms with Gasteiger partial charge >= 0.3 is 0 Å². The zero-order chi connectivity index (χ0) is 23.2. The van der Waals surface area contributed by atoms with Crippen LogP contribution in [0.3, 0.4) is 0 Å². The number of likely N-dealkylation sites (tertiary alicyclic amines) is 1. The lowest BCUT2D eigenvalue weighted by Gasteiger charge is -2.28. The maximum absolute atomic E-state index is 12.9. The SMILES string of the molecule is CCc1ccc(C(CNC(=O)c2cc(-c3ccc(OC)c(OC)c3)on2)N2CCCC2)cc1. The predicted molar refractivity (Wildman–Crippen MR) is 127 cm³/mol. The Morgan fingerprint density at radius 2 is 1.79 bits per heavy atom. The van der Waals surface area contributed by atoms with Crippen molar-refractivity contribution in [2.45, 2.75) is 32.2 Å². The average molecular weight is 450 g/mol. The highest BCUT2D eigenvalue weighted by Crippen LogP contribution is 2.32. The van der Waals surface area contributed by atoms with Gasteiger partial charge in [0.15, 0.2) is 23.0 Å². The van der Waals surface area contributed by atoms with Gasteiger partial charge in [0, 0.05) is 18.2 Å². The van der Waals surface area contributed by atoms with E-state index in [0.717, 1.165) is 25.1 Å². The highest BCUT2D eigenvalue weighted by Gasteiger charge is 2.25. The Morgan fingerprint density at radius 1 is 1.06 bits per heavy atom. The first-order valence-electron chi connectivity index (χ1n) is 11.4. The van der Waals surface area contributed by atoms with E-state index in [2.05, 4.69) is 46.6 Å². The number of rotatable bonds is 9. The van der Waals surface area contributed by atoms with Gasteiger partial charge in [0.05, 0.1) is 20.3 Å². The lowest BCUT2D eigenvalue weighted by molar-refractivity contribution is 0.0929. The molecule has 174 valence electrons. The van der Waals surface area contributed by atoms with Gasteiger partial charge in [-0.25, -0.2) is 0 Å². The zero-order valence-corrected chi connectivity index (χ0v) is 19.5. The van der Waals surface area contributed by atoms with Crippen molar-refractivity contribution in [2.75, 3.05) is 33.9 Å². The molecular formula is C26H31N3O4. The second-order valence-corrected chi connectivity index (χ2v) is 8.21. The standard InChI is InChI=1S/C26H31N3O4/c1-4-18-7-9-19(10-8-18)22(29-13-5-6-14-29)17-27-26(30)21-16-24(33-28-21)20-11-12-23(31-2)25(15-20)32-3/h7-12,15-16,22H,4-6,13-14,17H2,1-3H3,(H,27,30). The van der Waals surface area contributed by atoms with Crippen LogP contribution >= 0.6 is 0 Å². The molecule has 1 N–H and O–H groups in total. The van der Waals surface area contributed by atoms with Crippen LogP contribution in [0.15, 0.2) is 53.1 Å². The maximum Gasteiger partial charge on any atom is 0.273 e. The van der Waals surface area contributed by atoms with E-state index in [1.165, 1.54) is 24.0 Å². The van der Waals surface area contributed by atoms with Crippen LogP contribution in [0.25, 0.3) is 11.3 Å². The summed E-state index contributed by atoms with van der Waals surface area (Å²) in [6.45, 7) is 4.76. The molecular weight excluding hydrogens is 418 g/mol. The Kier molecular flexibility index (Phi) is 7.29. The molecule has 0 radical (unpaired) electrons. The highest BCUT2D eigenvalue weighted by molar-refractivity contribution is 5.93. The van der Waals surface area contributed by atoms with Gasteiger partial charge in [0.25, 0.3) is 5.91 Å². The summed E-state index contributed by atoms with van der Waals surface area (Å²) in [5.41, 5.74) is 3.54. The lowest BCUT2D eigenvalue weighted by atomic mass is 10.0. The zero-order valence-electron chi connectivity index (χ0n) is 19.5. The number of amides is 1. The second-order valence-electron chi connectivity index (χ2n) is 8.21. The lowest BCUT2D eigenvalue weighted by Crippen LogP contribution is -2.36. The second kappa shape index (κ2) is 10.5. The van der Waals surface area contributed by atoms with Crippen molar-refractivity contribution in [3.05, 3.63) is 65.4 Å². The van der Waals surface area contributed by atoms with Crippen molar-refractivity contribution in [3.8, 4) is 22.8 Å². The van der Waals surface area contributed by atoms with Crippen molar-refractivity contribution in [2.24, 2.45) is 0 Å². The van der Waals surface area contributed by atoms with Crippen molar-refractivity contribution >= 4 is 5.91 Å². The van der Waals surface area contributed by atoms with Crippen LogP contribution in [0.2, 0.25) is 0 Å². The molecule has 0 bridgehead atoms.